The zero-order valence-corrected chi connectivity index (χ0v) is 12.6. The molecule has 2 heteroatoms. The van der Waals surface area contributed by atoms with E-state index >= 15 is 0 Å². The van der Waals surface area contributed by atoms with Gasteiger partial charge in [0.25, 0.3) is 0 Å². The molecule has 1 saturated carbocycles. The van der Waals surface area contributed by atoms with Crippen LogP contribution in [0.1, 0.15) is 29.9 Å². The smallest absolute Gasteiger partial charge is 0.119 e. The third-order valence-corrected chi connectivity index (χ3v) is 4.23. The summed E-state index contributed by atoms with van der Waals surface area (Å²) in [6.07, 6.45) is 2.49. The third-order valence-electron chi connectivity index (χ3n) is 4.23. The van der Waals surface area contributed by atoms with Crippen LogP contribution in [0, 0.1) is 6.92 Å². The molecule has 0 heterocycles. The summed E-state index contributed by atoms with van der Waals surface area (Å²) in [7, 11) is 0. The number of ether oxygens (including phenoxy) is 1. The Bertz CT molecular complexity index is 544. The lowest BCUT2D eigenvalue weighted by molar-refractivity contribution is 0.255. The molecule has 1 aliphatic rings. The average molecular weight is 281 g/mol. The van der Waals surface area contributed by atoms with Crippen LogP contribution in [0.25, 0.3) is 0 Å². The Labute approximate surface area is 127 Å². The summed E-state index contributed by atoms with van der Waals surface area (Å²) in [6, 6.07) is 19.6. The van der Waals surface area contributed by atoms with Gasteiger partial charge in [0, 0.05) is 12.6 Å². The van der Waals surface area contributed by atoms with E-state index in [0.29, 0.717) is 6.04 Å². The second-order valence-corrected chi connectivity index (χ2v) is 5.89. The summed E-state index contributed by atoms with van der Waals surface area (Å²) in [6.45, 7) is 3.79. The lowest BCUT2D eigenvalue weighted by atomic mass is 9.76. The number of rotatable bonds is 6. The minimum Gasteiger partial charge on any atom is -0.492 e. The predicted molar refractivity (Wildman–Crippen MR) is 86.9 cm³/mol. The zero-order chi connectivity index (χ0) is 14.5. The topological polar surface area (TPSA) is 21.3 Å². The van der Waals surface area contributed by atoms with Gasteiger partial charge in [0.1, 0.15) is 12.4 Å². The van der Waals surface area contributed by atoms with E-state index in [1.54, 1.807) is 0 Å². The molecule has 110 valence electrons. The minimum absolute atomic E-state index is 0.649. The minimum atomic E-state index is 0.649. The first-order chi connectivity index (χ1) is 10.3. The Morgan fingerprint density at radius 2 is 1.71 bits per heavy atom. The molecule has 2 aromatic rings. The highest BCUT2D eigenvalue weighted by Gasteiger charge is 2.29. The normalized spacial score (nSPS) is 20.8. The molecule has 1 N–H and O–H groups in total. The van der Waals surface area contributed by atoms with E-state index in [-0.39, 0.29) is 0 Å². The molecule has 21 heavy (non-hydrogen) atoms. The maximum Gasteiger partial charge on any atom is 0.119 e. The molecule has 0 aliphatic heterocycles. The monoisotopic (exact) mass is 281 g/mol. The zero-order valence-electron chi connectivity index (χ0n) is 12.6. The van der Waals surface area contributed by atoms with E-state index in [0.717, 1.165) is 24.8 Å². The van der Waals surface area contributed by atoms with E-state index in [1.807, 2.05) is 30.3 Å². The van der Waals surface area contributed by atoms with Crippen molar-refractivity contribution in [1.29, 1.82) is 0 Å². The third kappa shape index (κ3) is 3.85. The van der Waals surface area contributed by atoms with Crippen molar-refractivity contribution in [3.63, 3.8) is 0 Å². The molecule has 1 fully saturated rings. The molecule has 0 radical (unpaired) electrons. The van der Waals surface area contributed by atoms with Gasteiger partial charge in [-0.25, -0.2) is 0 Å². The lowest BCUT2D eigenvalue weighted by Crippen LogP contribution is -2.41. The van der Waals surface area contributed by atoms with E-state index in [4.69, 9.17) is 4.74 Å². The van der Waals surface area contributed by atoms with Gasteiger partial charge >= 0.3 is 0 Å². The number of aryl methyl sites for hydroxylation is 1. The number of hydrogen-bond acceptors (Lipinski definition) is 2. The van der Waals surface area contributed by atoms with Crippen molar-refractivity contribution in [1.82, 2.24) is 5.32 Å². The highest BCUT2D eigenvalue weighted by Crippen LogP contribution is 2.36. The Hall–Kier alpha value is -1.80. The predicted octanol–water partition coefficient (Wildman–Crippen LogP) is 3.91. The van der Waals surface area contributed by atoms with Gasteiger partial charge < -0.3 is 10.1 Å². The number of hydrogen-bond donors (Lipinski definition) is 1. The molecular weight excluding hydrogens is 258 g/mol. The number of para-hydroxylation sites is 1. The lowest BCUT2D eigenvalue weighted by Gasteiger charge is -2.36. The Morgan fingerprint density at radius 1 is 1.00 bits per heavy atom. The van der Waals surface area contributed by atoms with E-state index in [2.05, 4.69) is 36.5 Å². The molecule has 0 atom stereocenters. The van der Waals surface area contributed by atoms with Crippen molar-refractivity contribution >= 4 is 0 Å². The molecule has 0 amide bonds. The van der Waals surface area contributed by atoms with Crippen molar-refractivity contribution in [2.45, 2.75) is 31.7 Å². The van der Waals surface area contributed by atoms with Crippen molar-refractivity contribution in [3.8, 4) is 5.75 Å². The highest BCUT2D eigenvalue weighted by molar-refractivity contribution is 5.26. The highest BCUT2D eigenvalue weighted by atomic mass is 16.5. The van der Waals surface area contributed by atoms with Gasteiger partial charge in [0.2, 0.25) is 0 Å². The summed E-state index contributed by atoms with van der Waals surface area (Å²) >= 11 is 0. The van der Waals surface area contributed by atoms with E-state index < -0.39 is 0 Å². The Balaban J connectivity index is 1.33. The standard InChI is InChI=1S/C19H23NO/c1-15-7-9-16(10-8-15)17-13-18(14-17)20-11-12-21-19-5-3-2-4-6-19/h2-10,17-18,20H,11-14H2,1H3. The molecule has 0 saturated heterocycles. The first-order valence-corrected chi connectivity index (χ1v) is 7.79. The van der Waals surface area contributed by atoms with Gasteiger partial charge in [-0.05, 0) is 43.4 Å². The molecule has 0 spiro atoms. The van der Waals surface area contributed by atoms with Crippen LogP contribution < -0.4 is 10.1 Å². The molecule has 0 bridgehead atoms. The van der Waals surface area contributed by atoms with Gasteiger partial charge in [0.15, 0.2) is 0 Å². The summed E-state index contributed by atoms with van der Waals surface area (Å²) in [5, 5.41) is 3.58. The van der Waals surface area contributed by atoms with E-state index in [1.165, 1.54) is 24.0 Å². The van der Waals surface area contributed by atoms with Gasteiger partial charge in [0.05, 0.1) is 0 Å². The number of benzene rings is 2. The number of nitrogens with one attached hydrogen (secondary N) is 1. The van der Waals surface area contributed by atoms with Crippen LogP contribution in [0.3, 0.4) is 0 Å². The molecular formula is C19H23NO. The molecule has 0 aromatic heterocycles. The summed E-state index contributed by atoms with van der Waals surface area (Å²) in [5.74, 6) is 1.68. The Morgan fingerprint density at radius 3 is 2.43 bits per heavy atom. The van der Waals surface area contributed by atoms with Crippen LogP contribution in [0.15, 0.2) is 54.6 Å². The summed E-state index contributed by atoms with van der Waals surface area (Å²) < 4.78 is 5.69. The largest absolute Gasteiger partial charge is 0.492 e. The van der Waals surface area contributed by atoms with Crippen LogP contribution in [0.2, 0.25) is 0 Å². The first-order valence-electron chi connectivity index (χ1n) is 7.79. The van der Waals surface area contributed by atoms with Crippen LogP contribution in [0.4, 0.5) is 0 Å². The maximum atomic E-state index is 5.69. The van der Waals surface area contributed by atoms with Crippen LogP contribution in [-0.4, -0.2) is 19.2 Å². The van der Waals surface area contributed by atoms with Crippen LogP contribution >= 0.6 is 0 Å². The van der Waals surface area contributed by atoms with Crippen molar-refractivity contribution in [3.05, 3.63) is 65.7 Å². The SMILES string of the molecule is Cc1ccc(C2CC(NCCOc3ccccc3)C2)cc1. The maximum absolute atomic E-state index is 5.69. The van der Waals surface area contributed by atoms with Gasteiger partial charge in [-0.15, -0.1) is 0 Å². The fourth-order valence-corrected chi connectivity index (χ4v) is 2.84. The molecule has 3 rings (SSSR count). The van der Waals surface area contributed by atoms with Crippen molar-refractivity contribution in [2.75, 3.05) is 13.2 Å². The summed E-state index contributed by atoms with van der Waals surface area (Å²) in [4.78, 5) is 0. The molecule has 2 nitrogen and oxygen atoms in total. The fraction of sp³-hybridized carbons (Fsp3) is 0.368. The average Bonchev–Trinajstić information content (AvgIpc) is 2.48. The van der Waals surface area contributed by atoms with Crippen LogP contribution in [-0.2, 0) is 0 Å². The molecule has 1 aliphatic carbocycles. The van der Waals surface area contributed by atoms with Gasteiger partial charge in [-0.1, -0.05) is 48.0 Å². The first kappa shape index (κ1) is 14.2. The van der Waals surface area contributed by atoms with Gasteiger partial charge in [-0.2, -0.15) is 0 Å². The van der Waals surface area contributed by atoms with Gasteiger partial charge in [-0.3, -0.25) is 0 Å². The second kappa shape index (κ2) is 6.77. The van der Waals surface area contributed by atoms with Crippen molar-refractivity contribution in [2.24, 2.45) is 0 Å². The molecule has 2 aromatic carbocycles. The summed E-state index contributed by atoms with van der Waals surface area (Å²) in [5.41, 5.74) is 2.82. The Kier molecular flexibility index (Phi) is 4.56. The van der Waals surface area contributed by atoms with Crippen LogP contribution in [0.5, 0.6) is 5.75 Å². The second-order valence-electron chi connectivity index (χ2n) is 5.89. The van der Waals surface area contributed by atoms with Crippen molar-refractivity contribution < 1.29 is 4.74 Å². The van der Waals surface area contributed by atoms with E-state index in [9.17, 15) is 0 Å². The molecule has 0 unspecified atom stereocenters. The fourth-order valence-electron chi connectivity index (χ4n) is 2.84. The quantitative estimate of drug-likeness (QED) is 0.811.